The molecule has 1 unspecified atom stereocenters. The summed E-state index contributed by atoms with van der Waals surface area (Å²) in [6.07, 6.45) is 2.01. The lowest BCUT2D eigenvalue weighted by Gasteiger charge is -2.21. The zero-order chi connectivity index (χ0) is 18.4. The fourth-order valence-corrected chi connectivity index (χ4v) is 2.94. The molecule has 3 rings (SSSR count). The summed E-state index contributed by atoms with van der Waals surface area (Å²) >= 11 is 0. The summed E-state index contributed by atoms with van der Waals surface area (Å²) in [6, 6.07) is 17.3. The Kier molecular flexibility index (Phi) is 5.76. The molecule has 0 fully saturated rings. The Labute approximate surface area is 152 Å². The van der Waals surface area contributed by atoms with E-state index in [1.54, 1.807) is 0 Å². The first kappa shape index (κ1) is 17.8. The van der Waals surface area contributed by atoms with Crippen molar-refractivity contribution in [2.45, 2.75) is 19.4 Å². The topological polar surface area (TPSA) is 77.3 Å². The normalized spacial score (nSPS) is 12.0. The van der Waals surface area contributed by atoms with Crippen LogP contribution in [0, 0.1) is 10.1 Å². The fraction of sp³-hybridized carbons (Fsp3) is 0.250. The molecule has 3 aromatic rings. The van der Waals surface area contributed by atoms with Gasteiger partial charge in [-0.05, 0) is 25.0 Å². The third-order valence-electron chi connectivity index (χ3n) is 4.15. The quantitative estimate of drug-likeness (QED) is 0.486. The Hall–Kier alpha value is -2.99. The van der Waals surface area contributed by atoms with Crippen LogP contribution in [-0.4, -0.2) is 29.2 Å². The predicted octanol–water partition coefficient (Wildman–Crippen LogP) is 4.20. The molecule has 6 heteroatoms. The maximum absolute atomic E-state index is 11.5. The van der Waals surface area contributed by atoms with Gasteiger partial charge in [0.15, 0.2) is 0 Å². The molecule has 1 aromatic heterocycles. The van der Waals surface area contributed by atoms with Crippen LogP contribution in [-0.2, 0) is 11.2 Å². The highest BCUT2D eigenvalue weighted by molar-refractivity contribution is 5.95. The van der Waals surface area contributed by atoms with Gasteiger partial charge in [0.1, 0.15) is 11.9 Å². The van der Waals surface area contributed by atoms with Gasteiger partial charge in [0.05, 0.1) is 23.1 Å². The number of hydrogen-bond acceptors (Lipinski definition) is 5. The highest BCUT2D eigenvalue weighted by atomic mass is 16.6. The van der Waals surface area contributed by atoms with Crippen molar-refractivity contribution in [1.29, 1.82) is 0 Å². The van der Waals surface area contributed by atoms with E-state index in [1.807, 2.05) is 61.5 Å². The van der Waals surface area contributed by atoms with E-state index in [0.717, 1.165) is 16.5 Å². The summed E-state index contributed by atoms with van der Waals surface area (Å²) in [5.41, 5.74) is 2.32. The number of nitro groups is 1. The number of nitrogens with one attached hydrogen (secondary N) is 1. The van der Waals surface area contributed by atoms with E-state index < -0.39 is 4.92 Å². The van der Waals surface area contributed by atoms with Gasteiger partial charge in [-0.3, -0.25) is 10.1 Å². The van der Waals surface area contributed by atoms with Crippen molar-refractivity contribution in [3.8, 4) is 0 Å². The van der Waals surface area contributed by atoms with Crippen LogP contribution < -0.4 is 5.32 Å². The van der Waals surface area contributed by atoms with Gasteiger partial charge in [-0.15, -0.1) is 0 Å². The van der Waals surface area contributed by atoms with E-state index in [4.69, 9.17) is 4.74 Å². The standard InChI is InChI=1S/C20H21N3O3/c1-2-26-14-16(12-15-8-4-3-5-9-15)22-20-17-10-6-7-11-18(17)21-13-19(20)23(24)25/h3-11,13,16H,2,12,14H2,1H3,(H,21,22). The van der Waals surface area contributed by atoms with Gasteiger partial charge >= 0.3 is 5.69 Å². The van der Waals surface area contributed by atoms with Crippen molar-refractivity contribution in [2.75, 3.05) is 18.5 Å². The van der Waals surface area contributed by atoms with Crippen LogP contribution in [0.4, 0.5) is 11.4 Å². The van der Waals surface area contributed by atoms with Crippen LogP contribution in [0.15, 0.2) is 60.8 Å². The summed E-state index contributed by atoms with van der Waals surface area (Å²) in [5, 5.41) is 15.6. The van der Waals surface area contributed by atoms with Gasteiger partial charge in [0, 0.05) is 12.0 Å². The Balaban J connectivity index is 1.96. The summed E-state index contributed by atoms with van der Waals surface area (Å²) in [5.74, 6) is 0. The van der Waals surface area contributed by atoms with Crippen molar-refractivity contribution in [3.05, 3.63) is 76.5 Å². The number of anilines is 1. The second kappa shape index (κ2) is 8.40. The smallest absolute Gasteiger partial charge is 0.311 e. The molecule has 0 spiro atoms. The third-order valence-corrected chi connectivity index (χ3v) is 4.15. The molecule has 0 radical (unpaired) electrons. The molecule has 1 heterocycles. The van der Waals surface area contributed by atoms with E-state index in [9.17, 15) is 10.1 Å². The van der Waals surface area contributed by atoms with Crippen molar-refractivity contribution in [1.82, 2.24) is 4.98 Å². The molecule has 0 bridgehead atoms. The Bertz CT molecular complexity index is 884. The zero-order valence-corrected chi connectivity index (χ0v) is 14.6. The van der Waals surface area contributed by atoms with Crippen LogP contribution in [0.2, 0.25) is 0 Å². The Morgan fingerprint density at radius 3 is 2.62 bits per heavy atom. The van der Waals surface area contributed by atoms with Crippen LogP contribution in [0.5, 0.6) is 0 Å². The minimum Gasteiger partial charge on any atom is -0.380 e. The lowest BCUT2D eigenvalue weighted by atomic mass is 10.1. The first-order valence-corrected chi connectivity index (χ1v) is 8.59. The Morgan fingerprint density at radius 1 is 1.15 bits per heavy atom. The number of para-hydroxylation sites is 1. The lowest BCUT2D eigenvalue weighted by Crippen LogP contribution is -2.28. The first-order valence-electron chi connectivity index (χ1n) is 8.59. The molecule has 0 aliphatic rings. The SMILES string of the molecule is CCOCC(Cc1ccccc1)Nc1c([N+](=O)[O-])cnc2ccccc12. The largest absolute Gasteiger partial charge is 0.380 e. The molecule has 0 aliphatic carbocycles. The summed E-state index contributed by atoms with van der Waals surface area (Å²) in [7, 11) is 0. The number of nitrogens with zero attached hydrogens (tertiary/aromatic N) is 2. The second-order valence-corrected chi connectivity index (χ2v) is 5.98. The average molecular weight is 351 g/mol. The third kappa shape index (κ3) is 4.15. The van der Waals surface area contributed by atoms with Gasteiger partial charge in [-0.2, -0.15) is 0 Å². The maximum atomic E-state index is 11.5. The average Bonchev–Trinajstić information content (AvgIpc) is 2.67. The highest BCUT2D eigenvalue weighted by Gasteiger charge is 2.21. The number of pyridine rings is 1. The van der Waals surface area contributed by atoms with Crippen LogP contribution in [0.1, 0.15) is 12.5 Å². The van der Waals surface area contributed by atoms with Gasteiger partial charge < -0.3 is 10.1 Å². The van der Waals surface area contributed by atoms with E-state index in [1.165, 1.54) is 6.20 Å². The summed E-state index contributed by atoms with van der Waals surface area (Å²) in [6.45, 7) is 2.98. The first-order chi connectivity index (χ1) is 12.7. The van der Waals surface area contributed by atoms with E-state index in [2.05, 4.69) is 10.3 Å². The van der Waals surface area contributed by atoms with Crippen LogP contribution >= 0.6 is 0 Å². The minimum atomic E-state index is -0.401. The van der Waals surface area contributed by atoms with E-state index in [-0.39, 0.29) is 11.7 Å². The summed E-state index contributed by atoms with van der Waals surface area (Å²) in [4.78, 5) is 15.3. The molecule has 0 amide bonds. The molecular formula is C20H21N3O3. The zero-order valence-electron chi connectivity index (χ0n) is 14.6. The van der Waals surface area contributed by atoms with Crippen molar-refractivity contribution < 1.29 is 9.66 Å². The van der Waals surface area contributed by atoms with E-state index >= 15 is 0 Å². The second-order valence-electron chi connectivity index (χ2n) is 5.98. The molecule has 26 heavy (non-hydrogen) atoms. The molecule has 0 saturated heterocycles. The van der Waals surface area contributed by atoms with Crippen molar-refractivity contribution in [3.63, 3.8) is 0 Å². The Morgan fingerprint density at radius 2 is 1.88 bits per heavy atom. The number of rotatable bonds is 8. The van der Waals surface area contributed by atoms with Crippen LogP contribution in [0.3, 0.4) is 0 Å². The van der Waals surface area contributed by atoms with Crippen molar-refractivity contribution in [2.24, 2.45) is 0 Å². The predicted molar refractivity (Wildman–Crippen MR) is 102 cm³/mol. The summed E-state index contributed by atoms with van der Waals surface area (Å²) < 4.78 is 5.60. The van der Waals surface area contributed by atoms with Gasteiger partial charge in [0.2, 0.25) is 0 Å². The highest BCUT2D eigenvalue weighted by Crippen LogP contribution is 2.32. The number of fused-ring (bicyclic) bond motifs is 1. The minimum absolute atomic E-state index is 0.0294. The molecule has 0 aliphatic heterocycles. The van der Waals surface area contributed by atoms with E-state index in [0.29, 0.717) is 25.3 Å². The van der Waals surface area contributed by atoms with Gasteiger partial charge in [-0.1, -0.05) is 48.5 Å². The molecule has 0 saturated carbocycles. The molecular weight excluding hydrogens is 330 g/mol. The molecule has 2 aromatic carbocycles. The molecule has 1 N–H and O–H groups in total. The molecule has 6 nitrogen and oxygen atoms in total. The van der Waals surface area contributed by atoms with Crippen LogP contribution in [0.25, 0.3) is 10.9 Å². The molecule has 134 valence electrons. The van der Waals surface area contributed by atoms with Crippen molar-refractivity contribution >= 4 is 22.3 Å². The number of aromatic nitrogens is 1. The lowest BCUT2D eigenvalue weighted by molar-refractivity contribution is -0.384. The monoisotopic (exact) mass is 351 g/mol. The number of hydrogen-bond donors (Lipinski definition) is 1. The molecule has 1 atom stereocenters. The number of ether oxygens (including phenoxy) is 1. The van der Waals surface area contributed by atoms with Gasteiger partial charge in [-0.25, -0.2) is 4.98 Å². The number of benzene rings is 2. The fourth-order valence-electron chi connectivity index (χ4n) is 2.94. The van der Waals surface area contributed by atoms with Gasteiger partial charge in [0.25, 0.3) is 0 Å². The maximum Gasteiger partial charge on any atom is 0.311 e.